The summed E-state index contributed by atoms with van der Waals surface area (Å²) >= 11 is 1.46. The van der Waals surface area contributed by atoms with Crippen LogP contribution in [0.1, 0.15) is 24.8 Å². The van der Waals surface area contributed by atoms with Gasteiger partial charge in [0, 0.05) is 25.0 Å². The first-order chi connectivity index (χ1) is 8.85. The smallest absolute Gasteiger partial charge is 0.247 e. The van der Waals surface area contributed by atoms with Gasteiger partial charge in [-0.15, -0.1) is 11.3 Å². The van der Waals surface area contributed by atoms with Gasteiger partial charge in [-0.25, -0.2) is 0 Å². The summed E-state index contributed by atoms with van der Waals surface area (Å²) in [6.45, 7) is 4.60. The zero-order valence-electron chi connectivity index (χ0n) is 11.4. The summed E-state index contributed by atoms with van der Waals surface area (Å²) in [6, 6.07) is 3.03. The van der Waals surface area contributed by atoms with Gasteiger partial charge < -0.3 is 15.5 Å². The monoisotopic (exact) mass is 281 g/mol. The van der Waals surface area contributed by atoms with Crippen LogP contribution in [-0.4, -0.2) is 47.3 Å². The third kappa shape index (κ3) is 2.37. The molecule has 1 unspecified atom stereocenters. The van der Waals surface area contributed by atoms with Crippen LogP contribution >= 0.6 is 11.3 Å². The van der Waals surface area contributed by atoms with Crippen molar-refractivity contribution >= 4 is 23.2 Å². The molecule has 1 fully saturated rings. The van der Waals surface area contributed by atoms with Gasteiger partial charge in [-0.05, 0) is 25.3 Å². The number of nitrogens with zero attached hydrogens (tertiary/aromatic N) is 2. The lowest BCUT2D eigenvalue weighted by Crippen LogP contribution is -2.64. The second-order valence-corrected chi connectivity index (χ2v) is 6.25. The molecule has 1 aromatic rings. The van der Waals surface area contributed by atoms with E-state index >= 15 is 0 Å². The summed E-state index contributed by atoms with van der Waals surface area (Å²) in [6.07, 6.45) is 0. The molecule has 0 saturated carbocycles. The molecule has 5 nitrogen and oxygen atoms in total. The van der Waals surface area contributed by atoms with E-state index in [4.69, 9.17) is 5.73 Å². The minimum atomic E-state index is -0.834. The predicted octanol–water partition coefficient (Wildman–Crippen LogP) is 0.827. The first-order valence-corrected chi connectivity index (χ1v) is 7.09. The minimum absolute atomic E-state index is 0.0505. The molecule has 2 rings (SSSR count). The van der Waals surface area contributed by atoms with Gasteiger partial charge in [0.15, 0.2) is 0 Å². The molecular formula is C13H19N3O2S. The second-order valence-electron chi connectivity index (χ2n) is 5.27. The Morgan fingerprint density at radius 2 is 2.16 bits per heavy atom. The average Bonchev–Trinajstić information content (AvgIpc) is 2.88. The van der Waals surface area contributed by atoms with Gasteiger partial charge in [0.25, 0.3) is 0 Å². The number of nitrogens with two attached hydrogens (primary N) is 1. The van der Waals surface area contributed by atoms with Crippen molar-refractivity contribution < 1.29 is 9.59 Å². The summed E-state index contributed by atoms with van der Waals surface area (Å²) in [7, 11) is 1.76. The van der Waals surface area contributed by atoms with Crippen molar-refractivity contribution in [1.29, 1.82) is 0 Å². The van der Waals surface area contributed by atoms with E-state index in [0.717, 1.165) is 4.88 Å². The quantitative estimate of drug-likeness (QED) is 0.873. The standard InChI is InChI=1S/C13H19N3O2S/c1-13(2)12(18)15(3)6-7-16(13)11(17)10(14)9-5-4-8-19-9/h4-5,8,10H,6-7,14H2,1-3H3. The molecule has 1 aliphatic rings. The first-order valence-electron chi connectivity index (χ1n) is 6.21. The van der Waals surface area contributed by atoms with Crippen LogP contribution in [0.25, 0.3) is 0 Å². The van der Waals surface area contributed by atoms with Crippen LogP contribution in [0.15, 0.2) is 17.5 Å². The molecule has 1 aromatic heterocycles. The largest absolute Gasteiger partial charge is 0.342 e. The van der Waals surface area contributed by atoms with E-state index in [1.165, 1.54) is 11.3 Å². The Kier molecular flexibility index (Phi) is 3.64. The maximum Gasteiger partial charge on any atom is 0.247 e. The summed E-state index contributed by atoms with van der Waals surface area (Å²) in [4.78, 5) is 28.7. The lowest BCUT2D eigenvalue weighted by molar-refractivity contribution is -0.158. The van der Waals surface area contributed by atoms with E-state index in [2.05, 4.69) is 0 Å². The zero-order valence-corrected chi connectivity index (χ0v) is 12.2. The third-order valence-corrected chi connectivity index (χ3v) is 4.54. The van der Waals surface area contributed by atoms with Crippen LogP contribution in [0.2, 0.25) is 0 Å². The molecule has 6 heteroatoms. The fraction of sp³-hybridized carbons (Fsp3) is 0.538. The molecule has 0 aliphatic carbocycles. The molecule has 0 bridgehead atoms. The third-order valence-electron chi connectivity index (χ3n) is 3.59. The summed E-state index contributed by atoms with van der Waals surface area (Å²) in [5.74, 6) is -0.237. The van der Waals surface area contributed by atoms with Crippen molar-refractivity contribution in [3.8, 4) is 0 Å². The van der Waals surface area contributed by atoms with Crippen LogP contribution in [0.4, 0.5) is 0 Å². The first kappa shape index (κ1) is 14.0. The number of likely N-dealkylation sites (N-methyl/N-ethyl adjacent to an activating group) is 1. The average molecular weight is 281 g/mol. The molecule has 0 radical (unpaired) electrons. The number of carbonyl (C=O) groups excluding carboxylic acids is 2. The van der Waals surface area contributed by atoms with E-state index in [9.17, 15) is 9.59 Å². The van der Waals surface area contributed by atoms with Crippen LogP contribution in [0.3, 0.4) is 0 Å². The lowest BCUT2D eigenvalue weighted by atomic mass is 9.96. The zero-order chi connectivity index (χ0) is 14.2. The van der Waals surface area contributed by atoms with Crippen molar-refractivity contribution in [1.82, 2.24) is 9.80 Å². The number of hydrogen-bond acceptors (Lipinski definition) is 4. The van der Waals surface area contributed by atoms with Crippen LogP contribution in [-0.2, 0) is 9.59 Å². The number of amides is 2. The number of thiophene rings is 1. The molecule has 2 N–H and O–H groups in total. The van der Waals surface area contributed by atoms with Crippen molar-refractivity contribution in [2.24, 2.45) is 5.73 Å². The topological polar surface area (TPSA) is 66.6 Å². The Labute approximate surface area is 117 Å². The van der Waals surface area contributed by atoms with Crippen LogP contribution < -0.4 is 5.73 Å². The molecule has 1 saturated heterocycles. The molecule has 2 amide bonds. The molecule has 1 atom stereocenters. The van der Waals surface area contributed by atoms with Gasteiger partial charge in [0.1, 0.15) is 11.6 Å². The van der Waals surface area contributed by atoms with Crippen molar-refractivity contribution in [2.45, 2.75) is 25.4 Å². The van der Waals surface area contributed by atoms with Gasteiger partial charge in [-0.1, -0.05) is 6.07 Å². The number of piperazine rings is 1. The SMILES string of the molecule is CN1CCN(C(=O)C(N)c2cccs2)C(C)(C)C1=O. The Morgan fingerprint density at radius 1 is 1.47 bits per heavy atom. The molecule has 2 heterocycles. The van der Waals surface area contributed by atoms with Gasteiger partial charge in [-0.3, -0.25) is 9.59 Å². The second kappa shape index (κ2) is 4.94. The van der Waals surface area contributed by atoms with Crippen molar-refractivity contribution in [2.75, 3.05) is 20.1 Å². The Bertz CT molecular complexity index is 484. The van der Waals surface area contributed by atoms with Gasteiger partial charge in [0.05, 0.1) is 0 Å². The molecule has 1 aliphatic heterocycles. The van der Waals surface area contributed by atoms with E-state index in [1.54, 1.807) is 30.7 Å². The molecular weight excluding hydrogens is 262 g/mol. The maximum atomic E-state index is 12.5. The number of rotatable bonds is 2. The van der Waals surface area contributed by atoms with E-state index in [1.807, 2.05) is 17.5 Å². The van der Waals surface area contributed by atoms with E-state index in [0.29, 0.717) is 13.1 Å². The van der Waals surface area contributed by atoms with Crippen molar-refractivity contribution in [3.05, 3.63) is 22.4 Å². The normalized spacial score (nSPS) is 20.5. The van der Waals surface area contributed by atoms with Crippen molar-refractivity contribution in [3.63, 3.8) is 0 Å². The van der Waals surface area contributed by atoms with E-state index in [-0.39, 0.29) is 11.8 Å². The highest BCUT2D eigenvalue weighted by Gasteiger charge is 2.44. The molecule has 0 aromatic carbocycles. The van der Waals surface area contributed by atoms with E-state index < -0.39 is 11.6 Å². The Balaban J connectivity index is 2.22. The fourth-order valence-corrected chi connectivity index (χ4v) is 3.08. The van der Waals surface area contributed by atoms with Crippen LogP contribution in [0.5, 0.6) is 0 Å². The fourth-order valence-electron chi connectivity index (χ4n) is 2.36. The minimum Gasteiger partial charge on any atom is -0.342 e. The summed E-state index contributed by atoms with van der Waals surface area (Å²) < 4.78 is 0. The highest BCUT2D eigenvalue weighted by molar-refractivity contribution is 7.10. The number of carbonyl (C=O) groups is 2. The summed E-state index contributed by atoms with van der Waals surface area (Å²) in [5, 5.41) is 1.89. The molecule has 0 spiro atoms. The molecule has 19 heavy (non-hydrogen) atoms. The van der Waals surface area contributed by atoms with Gasteiger partial charge in [0.2, 0.25) is 11.8 Å². The summed E-state index contributed by atoms with van der Waals surface area (Å²) in [5.41, 5.74) is 5.17. The predicted molar refractivity (Wildman–Crippen MR) is 74.7 cm³/mol. The van der Waals surface area contributed by atoms with Gasteiger partial charge in [-0.2, -0.15) is 0 Å². The number of hydrogen-bond donors (Lipinski definition) is 1. The van der Waals surface area contributed by atoms with Crippen LogP contribution in [0, 0.1) is 0 Å². The molecule has 104 valence electrons. The Hall–Kier alpha value is -1.40. The Morgan fingerprint density at radius 3 is 2.74 bits per heavy atom. The van der Waals surface area contributed by atoms with Gasteiger partial charge >= 0.3 is 0 Å². The lowest BCUT2D eigenvalue weighted by Gasteiger charge is -2.45. The maximum absolute atomic E-state index is 12.5. The highest BCUT2D eigenvalue weighted by Crippen LogP contribution is 2.26. The highest BCUT2D eigenvalue weighted by atomic mass is 32.1.